The van der Waals surface area contributed by atoms with E-state index in [9.17, 15) is 0 Å². The summed E-state index contributed by atoms with van der Waals surface area (Å²) in [4.78, 5) is 0. The average Bonchev–Trinajstić information content (AvgIpc) is 2.44. The molecule has 0 aliphatic heterocycles. The highest BCUT2D eigenvalue weighted by Gasteiger charge is 2.12. The molecule has 1 radical (unpaired) electrons. The first kappa shape index (κ1) is 14.6. The molecule has 1 heteroatoms. The topological polar surface area (TPSA) is 9.23 Å². The second-order valence-electron chi connectivity index (χ2n) is 6.06. The number of benzene rings is 2. The van der Waals surface area contributed by atoms with Crippen molar-refractivity contribution in [3.05, 3.63) is 72.1 Å². The molecule has 0 N–H and O–H groups in total. The molecule has 0 saturated carbocycles. The maximum Gasteiger partial charge on any atom is 0.119 e. The maximum atomic E-state index is 5.74. The number of ether oxygens (including phenoxy) is 1. The molecule has 0 bridgehead atoms. The summed E-state index contributed by atoms with van der Waals surface area (Å²) in [7, 11) is 0. The Morgan fingerprint density at radius 1 is 0.900 bits per heavy atom. The van der Waals surface area contributed by atoms with Crippen molar-refractivity contribution in [3.8, 4) is 5.75 Å². The third kappa shape index (κ3) is 4.41. The molecule has 1 nitrogen and oxygen atoms in total. The Balaban J connectivity index is 1.77. The van der Waals surface area contributed by atoms with E-state index in [1.54, 1.807) is 0 Å². The van der Waals surface area contributed by atoms with Crippen LogP contribution in [0.5, 0.6) is 5.75 Å². The van der Waals surface area contributed by atoms with Gasteiger partial charge in [0.2, 0.25) is 0 Å². The van der Waals surface area contributed by atoms with Gasteiger partial charge in [-0.3, -0.25) is 0 Å². The Kier molecular flexibility index (Phi) is 4.84. The van der Waals surface area contributed by atoms with Crippen LogP contribution in [-0.4, -0.2) is 6.61 Å². The molecule has 0 spiro atoms. The molecule has 0 unspecified atom stereocenters. The van der Waals surface area contributed by atoms with Crippen molar-refractivity contribution >= 4 is 0 Å². The van der Waals surface area contributed by atoms with Gasteiger partial charge in [-0.05, 0) is 35.1 Å². The van der Waals surface area contributed by atoms with Crippen LogP contribution >= 0.6 is 0 Å². The van der Waals surface area contributed by atoms with Crippen molar-refractivity contribution < 1.29 is 4.74 Å². The van der Waals surface area contributed by atoms with Crippen LogP contribution in [0.2, 0.25) is 0 Å². The lowest BCUT2D eigenvalue weighted by atomic mass is 9.87. The number of rotatable bonds is 5. The first-order chi connectivity index (χ1) is 9.55. The molecule has 2 rings (SSSR count). The zero-order chi connectivity index (χ0) is 14.4. The zero-order valence-corrected chi connectivity index (χ0v) is 12.6. The van der Waals surface area contributed by atoms with Crippen LogP contribution < -0.4 is 4.74 Å². The molecule has 0 fully saturated rings. The summed E-state index contributed by atoms with van der Waals surface area (Å²) in [5, 5.41) is 0. The van der Waals surface area contributed by atoms with E-state index in [1.807, 2.05) is 6.07 Å². The van der Waals surface area contributed by atoms with Gasteiger partial charge in [0.15, 0.2) is 0 Å². The summed E-state index contributed by atoms with van der Waals surface area (Å²) in [6.45, 7) is 7.30. The monoisotopic (exact) mass is 267 g/mol. The van der Waals surface area contributed by atoms with Gasteiger partial charge in [0.25, 0.3) is 0 Å². The first-order valence-corrected chi connectivity index (χ1v) is 7.14. The van der Waals surface area contributed by atoms with Gasteiger partial charge in [-0.2, -0.15) is 0 Å². The van der Waals surface area contributed by atoms with Gasteiger partial charge < -0.3 is 4.74 Å². The molecule has 0 aliphatic carbocycles. The molecule has 0 aromatic heterocycles. The summed E-state index contributed by atoms with van der Waals surface area (Å²) in [5.41, 5.74) is 2.84. The maximum absolute atomic E-state index is 5.74. The van der Waals surface area contributed by atoms with E-state index >= 15 is 0 Å². The van der Waals surface area contributed by atoms with E-state index in [-0.39, 0.29) is 5.41 Å². The van der Waals surface area contributed by atoms with Crippen molar-refractivity contribution in [1.29, 1.82) is 0 Å². The normalized spacial score (nSPS) is 11.3. The van der Waals surface area contributed by atoms with E-state index in [0.29, 0.717) is 6.61 Å². The molecule has 0 heterocycles. The van der Waals surface area contributed by atoms with Crippen LogP contribution in [0.4, 0.5) is 0 Å². The van der Waals surface area contributed by atoms with Gasteiger partial charge in [0.05, 0.1) is 6.61 Å². The fraction of sp³-hybridized carbons (Fsp3) is 0.316. The molecule has 0 amide bonds. The lowest BCUT2D eigenvalue weighted by Crippen LogP contribution is -2.10. The van der Waals surface area contributed by atoms with Crippen LogP contribution in [0.3, 0.4) is 0 Å². The predicted molar refractivity (Wildman–Crippen MR) is 85.1 cm³/mol. The van der Waals surface area contributed by atoms with E-state index in [1.165, 1.54) is 11.1 Å². The Morgan fingerprint density at radius 3 is 2.15 bits per heavy atom. The summed E-state index contributed by atoms with van der Waals surface area (Å²) in [5.74, 6) is 0.933. The fourth-order valence-corrected chi connectivity index (χ4v) is 2.05. The molecule has 2 aromatic rings. The van der Waals surface area contributed by atoms with Crippen LogP contribution in [0.25, 0.3) is 0 Å². The minimum atomic E-state index is 0.192. The summed E-state index contributed by atoms with van der Waals surface area (Å²) in [6.07, 6.45) is 3.11. The SMILES string of the molecule is CC(C)(C)c1ccc(OC[CH]Cc2ccccc2)cc1. The van der Waals surface area contributed by atoms with Crippen LogP contribution in [0.1, 0.15) is 31.9 Å². The van der Waals surface area contributed by atoms with Gasteiger partial charge in [0, 0.05) is 6.42 Å². The quantitative estimate of drug-likeness (QED) is 0.706. The van der Waals surface area contributed by atoms with Crippen molar-refractivity contribution in [2.75, 3.05) is 6.61 Å². The van der Waals surface area contributed by atoms with Crippen molar-refractivity contribution in [3.63, 3.8) is 0 Å². The average molecular weight is 267 g/mol. The third-order valence-electron chi connectivity index (χ3n) is 3.31. The molecule has 105 valence electrons. The molecule has 0 aliphatic rings. The van der Waals surface area contributed by atoms with Crippen molar-refractivity contribution in [2.45, 2.75) is 32.6 Å². The standard InChI is InChI=1S/C19H23O/c1-19(2,3)17-11-13-18(14-12-17)20-15-7-10-16-8-5-4-6-9-16/h4-9,11-14H,10,15H2,1-3H3. The van der Waals surface area contributed by atoms with Crippen LogP contribution in [0.15, 0.2) is 54.6 Å². The van der Waals surface area contributed by atoms with Crippen LogP contribution in [0, 0.1) is 6.42 Å². The van der Waals surface area contributed by atoms with Gasteiger partial charge in [-0.25, -0.2) is 0 Å². The zero-order valence-electron chi connectivity index (χ0n) is 12.6. The number of hydrogen-bond acceptors (Lipinski definition) is 1. The smallest absolute Gasteiger partial charge is 0.119 e. The van der Waals surface area contributed by atoms with Gasteiger partial charge in [-0.1, -0.05) is 63.2 Å². The first-order valence-electron chi connectivity index (χ1n) is 7.14. The van der Waals surface area contributed by atoms with E-state index in [4.69, 9.17) is 4.74 Å². The Labute approximate surface area is 122 Å². The Morgan fingerprint density at radius 2 is 1.55 bits per heavy atom. The predicted octanol–water partition coefficient (Wildman–Crippen LogP) is 4.81. The van der Waals surface area contributed by atoms with Crippen molar-refractivity contribution in [1.82, 2.24) is 0 Å². The second-order valence-corrected chi connectivity index (χ2v) is 6.06. The largest absolute Gasteiger partial charge is 0.493 e. The fourth-order valence-electron chi connectivity index (χ4n) is 2.05. The minimum absolute atomic E-state index is 0.192. The summed E-state index contributed by atoms with van der Waals surface area (Å²) >= 11 is 0. The van der Waals surface area contributed by atoms with E-state index < -0.39 is 0 Å². The molecule has 0 saturated heterocycles. The Hall–Kier alpha value is -1.76. The molecule has 20 heavy (non-hydrogen) atoms. The lowest BCUT2D eigenvalue weighted by Gasteiger charge is -2.19. The highest BCUT2D eigenvalue weighted by Crippen LogP contribution is 2.24. The van der Waals surface area contributed by atoms with E-state index in [0.717, 1.165) is 12.2 Å². The third-order valence-corrected chi connectivity index (χ3v) is 3.31. The van der Waals surface area contributed by atoms with E-state index in [2.05, 4.69) is 75.7 Å². The second kappa shape index (κ2) is 6.60. The lowest BCUT2D eigenvalue weighted by molar-refractivity contribution is 0.346. The minimum Gasteiger partial charge on any atom is -0.493 e. The number of hydrogen-bond donors (Lipinski definition) is 0. The summed E-state index contributed by atoms with van der Waals surface area (Å²) < 4.78 is 5.74. The molecule has 0 atom stereocenters. The highest BCUT2D eigenvalue weighted by atomic mass is 16.5. The molecule has 2 aromatic carbocycles. The van der Waals surface area contributed by atoms with Gasteiger partial charge in [-0.15, -0.1) is 0 Å². The van der Waals surface area contributed by atoms with Crippen molar-refractivity contribution in [2.24, 2.45) is 0 Å². The summed E-state index contributed by atoms with van der Waals surface area (Å²) in [6, 6.07) is 18.8. The highest BCUT2D eigenvalue weighted by molar-refractivity contribution is 5.31. The molecular formula is C19H23O. The molecular weight excluding hydrogens is 244 g/mol. The Bertz CT molecular complexity index is 506. The van der Waals surface area contributed by atoms with Gasteiger partial charge >= 0.3 is 0 Å². The van der Waals surface area contributed by atoms with Crippen LogP contribution in [-0.2, 0) is 11.8 Å². The van der Waals surface area contributed by atoms with Gasteiger partial charge in [0.1, 0.15) is 5.75 Å².